The first kappa shape index (κ1) is 15.9. The van der Waals surface area contributed by atoms with Gasteiger partial charge in [0.1, 0.15) is 10.5 Å². The van der Waals surface area contributed by atoms with Gasteiger partial charge in [-0.1, -0.05) is 22.6 Å². The smallest absolute Gasteiger partial charge is 0.411 e. The Morgan fingerprint density at radius 1 is 1.50 bits per heavy atom. The summed E-state index contributed by atoms with van der Waals surface area (Å²) in [4.78, 5) is 10.9. The van der Waals surface area contributed by atoms with Crippen LogP contribution >= 0.6 is 22.6 Å². The summed E-state index contributed by atoms with van der Waals surface area (Å²) in [5.41, 5.74) is 0. The van der Waals surface area contributed by atoms with E-state index in [1.165, 1.54) is 7.11 Å². The van der Waals surface area contributed by atoms with Gasteiger partial charge < -0.3 is 14.8 Å². The molecule has 0 spiro atoms. The second-order valence-corrected chi connectivity index (χ2v) is 4.37. The average Bonchev–Trinajstić information content (AvgIpc) is 2.20. The summed E-state index contributed by atoms with van der Waals surface area (Å²) >= 11 is 1.88. The quantitative estimate of drug-likeness (QED) is 0.322. The van der Waals surface area contributed by atoms with Gasteiger partial charge in [-0.05, 0) is 0 Å². The standard InChI is InChI=1S/C8H13F3INO3/c1-15-7(14)6(12)4-13-2-3-16-5-8(9,10)11/h6,13H,2-5H2,1H3. The number of rotatable bonds is 7. The van der Waals surface area contributed by atoms with E-state index in [1.54, 1.807) is 0 Å². The molecular formula is C8H13F3INO3. The van der Waals surface area contributed by atoms with Crippen molar-refractivity contribution in [1.82, 2.24) is 5.32 Å². The summed E-state index contributed by atoms with van der Waals surface area (Å²) < 4.78 is 43.4. The molecule has 16 heavy (non-hydrogen) atoms. The third kappa shape index (κ3) is 9.16. The monoisotopic (exact) mass is 355 g/mol. The largest absolute Gasteiger partial charge is 0.468 e. The van der Waals surface area contributed by atoms with Crippen molar-refractivity contribution in [3.8, 4) is 0 Å². The highest BCUT2D eigenvalue weighted by Crippen LogP contribution is 2.13. The van der Waals surface area contributed by atoms with Gasteiger partial charge in [0.25, 0.3) is 0 Å². The van der Waals surface area contributed by atoms with E-state index in [-0.39, 0.29) is 23.0 Å². The lowest BCUT2D eigenvalue weighted by molar-refractivity contribution is -0.173. The fraction of sp³-hybridized carbons (Fsp3) is 0.875. The lowest BCUT2D eigenvalue weighted by atomic mass is 10.4. The van der Waals surface area contributed by atoms with Gasteiger partial charge in [0.05, 0.1) is 13.7 Å². The molecule has 0 rings (SSSR count). The molecular weight excluding hydrogens is 342 g/mol. The highest BCUT2D eigenvalue weighted by atomic mass is 127. The van der Waals surface area contributed by atoms with Crippen LogP contribution in [0.5, 0.6) is 0 Å². The van der Waals surface area contributed by atoms with Crippen LogP contribution < -0.4 is 5.32 Å². The van der Waals surface area contributed by atoms with Crippen LogP contribution in [0.4, 0.5) is 13.2 Å². The number of methoxy groups -OCH3 is 1. The number of alkyl halides is 4. The molecule has 0 radical (unpaired) electrons. The van der Waals surface area contributed by atoms with Gasteiger partial charge in [-0.3, -0.25) is 4.79 Å². The number of nitrogens with one attached hydrogen (secondary N) is 1. The van der Waals surface area contributed by atoms with E-state index in [0.29, 0.717) is 6.54 Å². The van der Waals surface area contributed by atoms with Gasteiger partial charge in [0.2, 0.25) is 0 Å². The molecule has 0 amide bonds. The number of esters is 1. The third-order valence-electron chi connectivity index (χ3n) is 1.47. The van der Waals surface area contributed by atoms with Crippen molar-refractivity contribution >= 4 is 28.6 Å². The summed E-state index contributed by atoms with van der Waals surface area (Å²) in [6, 6.07) is 0. The summed E-state index contributed by atoms with van der Waals surface area (Å²) in [5, 5.41) is 2.79. The molecule has 0 aromatic rings. The van der Waals surface area contributed by atoms with Gasteiger partial charge in [-0.25, -0.2) is 0 Å². The molecule has 0 fully saturated rings. The summed E-state index contributed by atoms with van der Waals surface area (Å²) in [6.45, 7) is -0.710. The molecule has 0 saturated carbocycles. The molecule has 0 saturated heterocycles. The molecule has 1 unspecified atom stereocenters. The molecule has 0 aliphatic heterocycles. The number of halogens is 4. The van der Waals surface area contributed by atoms with Gasteiger partial charge >= 0.3 is 12.1 Å². The lowest BCUT2D eigenvalue weighted by Crippen LogP contribution is -2.32. The first-order chi connectivity index (χ1) is 7.37. The Labute approximate surface area is 105 Å². The average molecular weight is 355 g/mol. The predicted octanol–water partition coefficient (Wildman–Crippen LogP) is 1.13. The zero-order valence-corrected chi connectivity index (χ0v) is 10.8. The fourth-order valence-corrected chi connectivity index (χ4v) is 1.34. The molecule has 0 heterocycles. The highest BCUT2D eigenvalue weighted by Gasteiger charge is 2.27. The van der Waals surface area contributed by atoms with Gasteiger partial charge in [-0.15, -0.1) is 0 Å². The number of carbonyl (C=O) groups is 1. The van der Waals surface area contributed by atoms with Crippen molar-refractivity contribution in [2.45, 2.75) is 10.1 Å². The van der Waals surface area contributed by atoms with E-state index in [4.69, 9.17) is 0 Å². The van der Waals surface area contributed by atoms with Gasteiger partial charge in [-0.2, -0.15) is 13.2 Å². The van der Waals surface area contributed by atoms with Crippen molar-refractivity contribution < 1.29 is 27.4 Å². The number of hydrogen-bond donors (Lipinski definition) is 1. The maximum atomic E-state index is 11.6. The third-order valence-corrected chi connectivity index (χ3v) is 2.42. The van der Waals surface area contributed by atoms with E-state index >= 15 is 0 Å². The van der Waals surface area contributed by atoms with Crippen LogP contribution in [0.15, 0.2) is 0 Å². The summed E-state index contributed by atoms with van der Waals surface area (Å²) in [7, 11) is 1.28. The van der Waals surface area contributed by atoms with E-state index in [0.717, 1.165) is 0 Å². The Morgan fingerprint density at radius 3 is 2.62 bits per heavy atom. The second-order valence-electron chi connectivity index (χ2n) is 2.86. The van der Waals surface area contributed by atoms with Gasteiger partial charge in [0, 0.05) is 13.1 Å². The minimum atomic E-state index is -4.29. The summed E-state index contributed by atoms with van der Waals surface area (Å²) in [6.07, 6.45) is -4.29. The fourth-order valence-electron chi connectivity index (χ4n) is 0.772. The number of hydrogen-bond acceptors (Lipinski definition) is 4. The molecule has 1 N–H and O–H groups in total. The number of ether oxygens (including phenoxy) is 2. The topological polar surface area (TPSA) is 47.6 Å². The van der Waals surface area contributed by atoms with Crippen LogP contribution in [0.1, 0.15) is 0 Å². The van der Waals surface area contributed by atoms with Crippen molar-refractivity contribution in [2.75, 3.05) is 33.4 Å². The molecule has 1 atom stereocenters. The van der Waals surface area contributed by atoms with Crippen LogP contribution in [-0.2, 0) is 14.3 Å². The van der Waals surface area contributed by atoms with Crippen molar-refractivity contribution in [1.29, 1.82) is 0 Å². The molecule has 0 bridgehead atoms. The SMILES string of the molecule is COC(=O)C(I)CNCCOCC(F)(F)F. The molecule has 0 aliphatic carbocycles. The lowest BCUT2D eigenvalue weighted by Gasteiger charge is -2.10. The van der Waals surface area contributed by atoms with E-state index in [2.05, 4.69) is 14.8 Å². The van der Waals surface area contributed by atoms with Crippen LogP contribution in [0.3, 0.4) is 0 Å². The Morgan fingerprint density at radius 2 is 2.12 bits per heavy atom. The first-order valence-electron chi connectivity index (χ1n) is 4.44. The van der Waals surface area contributed by atoms with Crippen LogP contribution in [0, 0.1) is 0 Å². The minimum absolute atomic E-state index is 0.0515. The maximum absolute atomic E-state index is 11.6. The molecule has 0 aliphatic rings. The Bertz CT molecular complexity index is 213. The molecule has 4 nitrogen and oxygen atoms in total. The highest BCUT2D eigenvalue weighted by molar-refractivity contribution is 14.1. The molecule has 0 aromatic heterocycles. The minimum Gasteiger partial charge on any atom is -0.468 e. The molecule has 8 heteroatoms. The zero-order valence-electron chi connectivity index (χ0n) is 8.64. The van der Waals surface area contributed by atoms with Gasteiger partial charge in [0.15, 0.2) is 0 Å². The molecule has 96 valence electrons. The van der Waals surface area contributed by atoms with Crippen molar-refractivity contribution in [3.05, 3.63) is 0 Å². The zero-order chi connectivity index (χ0) is 12.6. The van der Waals surface area contributed by atoms with Crippen LogP contribution in [0.25, 0.3) is 0 Å². The van der Waals surface area contributed by atoms with E-state index in [1.807, 2.05) is 22.6 Å². The Kier molecular flexibility index (Phi) is 8.02. The number of carbonyl (C=O) groups excluding carboxylic acids is 1. The predicted molar refractivity (Wildman–Crippen MR) is 59.6 cm³/mol. The van der Waals surface area contributed by atoms with Crippen molar-refractivity contribution in [2.24, 2.45) is 0 Å². The normalized spacial score (nSPS) is 13.6. The second kappa shape index (κ2) is 8.07. The Hall–Kier alpha value is -0.0900. The maximum Gasteiger partial charge on any atom is 0.411 e. The van der Waals surface area contributed by atoms with Crippen molar-refractivity contribution in [3.63, 3.8) is 0 Å². The van der Waals surface area contributed by atoms with E-state index in [9.17, 15) is 18.0 Å². The summed E-state index contributed by atoms with van der Waals surface area (Å²) in [5.74, 6) is -0.371. The molecule has 0 aromatic carbocycles. The first-order valence-corrected chi connectivity index (χ1v) is 5.68. The Balaban J connectivity index is 3.37. The van der Waals surface area contributed by atoms with Crippen LogP contribution in [-0.4, -0.2) is 49.5 Å². The van der Waals surface area contributed by atoms with Crippen LogP contribution in [0.2, 0.25) is 0 Å². The van der Waals surface area contributed by atoms with E-state index < -0.39 is 12.8 Å².